The van der Waals surface area contributed by atoms with Crippen molar-refractivity contribution in [3.8, 4) is 0 Å². The van der Waals surface area contributed by atoms with Crippen LogP contribution in [0.3, 0.4) is 0 Å². The van der Waals surface area contributed by atoms with Gasteiger partial charge in [-0.2, -0.15) is 0 Å². The summed E-state index contributed by atoms with van der Waals surface area (Å²) in [5.41, 5.74) is 1.03. The third kappa shape index (κ3) is 3.15. The Labute approximate surface area is 119 Å². The third-order valence-electron chi connectivity index (χ3n) is 3.65. The molecule has 2 heterocycles. The summed E-state index contributed by atoms with van der Waals surface area (Å²) in [4.78, 5) is 30.3. The lowest BCUT2D eigenvalue weighted by Crippen LogP contribution is -2.48. The van der Waals surface area contributed by atoms with Gasteiger partial charge in [0.05, 0.1) is 0 Å². The maximum Gasteiger partial charge on any atom is 0.245 e. The standard InChI is InChI=1S/C15H21N3O2/c1-10(2)14-15(20)18(11(3)8-13(19)17-14)9-12-4-6-16-7-5-12/h4-7,10-11,14H,8-9H2,1-3H3,(H,17,19). The second-order valence-corrected chi connectivity index (χ2v) is 5.66. The van der Waals surface area contributed by atoms with Crippen molar-refractivity contribution in [2.75, 3.05) is 0 Å². The minimum Gasteiger partial charge on any atom is -0.344 e. The molecule has 2 amide bonds. The van der Waals surface area contributed by atoms with Crippen LogP contribution in [0.15, 0.2) is 24.5 Å². The summed E-state index contributed by atoms with van der Waals surface area (Å²) in [5.74, 6) is 0.0219. The van der Waals surface area contributed by atoms with Crippen molar-refractivity contribution >= 4 is 11.8 Å². The maximum atomic E-state index is 12.6. The summed E-state index contributed by atoms with van der Waals surface area (Å²) < 4.78 is 0. The smallest absolute Gasteiger partial charge is 0.245 e. The van der Waals surface area contributed by atoms with Crippen LogP contribution in [0.25, 0.3) is 0 Å². The molecule has 0 aliphatic carbocycles. The quantitative estimate of drug-likeness (QED) is 0.905. The molecular formula is C15H21N3O2. The second-order valence-electron chi connectivity index (χ2n) is 5.66. The van der Waals surface area contributed by atoms with Crippen molar-refractivity contribution in [3.63, 3.8) is 0 Å². The lowest BCUT2D eigenvalue weighted by Gasteiger charge is -2.30. The van der Waals surface area contributed by atoms with Crippen molar-refractivity contribution in [1.29, 1.82) is 0 Å². The zero-order valence-electron chi connectivity index (χ0n) is 12.2. The average Bonchev–Trinajstić information content (AvgIpc) is 2.51. The van der Waals surface area contributed by atoms with E-state index in [4.69, 9.17) is 0 Å². The van der Waals surface area contributed by atoms with Crippen molar-refractivity contribution in [2.24, 2.45) is 5.92 Å². The van der Waals surface area contributed by atoms with Gasteiger partial charge in [0.1, 0.15) is 6.04 Å². The summed E-state index contributed by atoms with van der Waals surface area (Å²) in [7, 11) is 0. The molecular weight excluding hydrogens is 254 g/mol. The molecule has 2 unspecified atom stereocenters. The summed E-state index contributed by atoms with van der Waals surface area (Å²) in [5, 5.41) is 2.83. The predicted octanol–water partition coefficient (Wildman–Crippen LogP) is 1.34. The lowest BCUT2D eigenvalue weighted by atomic mass is 10.0. The Bertz CT molecular complexity index is 487. The molecule has 2 atom stereocenters. The zero-order chi connectivity index (χ0) is 14.7. The molecule has 0 spiro atoms. The van der Waals surface area contributed by atoms with Crippen LogP contribution in [-0.2, 0) is 16.1 Å². The Morgan fingerprint density at radius 3 is 2.60 bits per heavy atom. The molecule has 0 saturated carbocycles. The fraction of sp³-hybridized carbons (Fsp3) is 0.533. The highest BCUT2D eigenvalue weighted by atomic mass is 16.2. The molecule has 1 fully saturated rings. The number of nitrogens with zero attached hydrogens (tertiary/aromatic N) is 2. The van der Waals surface area contributed by atoms with Gasteiger partial charge in [-0.05, 0) is 30.5 Å². The van der Waals surface area contributed by atoms with Crippen molar-refractivity contribution in [1.82, 2.24) is 15.2 Å². The van der Waals surface area contributed by atoms with Gasteiger partial charge in [0, 0.05) is 31.4 Å². The first-order chi connectivity index (χ1) is 9.49. The molecule has 108 valence electrons. The first-order valence-corrected chi connectivity index (χ1v) is 6.97. The minimum absolute atomic E-state index is 0.00448. The number of hydrogen-bond acceptors (Lipinski definition) is 3. The van der Waals surface area contributed by atoms with E-state index in [1.165, 1.54) is 0 Å². The topological polar surface area (TPSA) is 62.3 Å². The van der Waals surface area contributed by atoms with E-state index in [2.05, 4.69) is 10.3 Å². The summed E-state index contributed by atoms with van der Waals surface area (Å²) in [6.07, 6.45) is 3.78. The van der Waals surface area contributed by atoms with Crippen LogP contribution in [-0.4, -0.2) is 33.8 Å². The van der Waals surface area contributed by atoms with E-state index in [9.17, 15) is 9.59 Å². The number of carbonyl (C=O) groups excluding carboxylic acids is 2. The Balaban J connectivity index is 2.23. The van der Waals surface area contributed by atoms with Crippen LogP contribution in [0, 0.1) is 5.92 Å². The highest BCUT2D eigenvalue weighted by Gasteiger charge is 2.35. The minimum atomic E-state index is -0.436. The molecule has 1 aliphatic heterocycles. The molecule has 0 bridgehead atoms. The number of pyridine rings is 1. The van der Waals surface area contributed by atoms with Gasteiger partial charge in [-0.15, -0.1) is 0 Å². The Morgan fingerprint density at radius 1 is 1.35 bits per heavy atom. The number of carbonyl (C=O) groups is 2. The van der Waals surface area contributed by atoms with Crippen molar-refractivity contribution < 1.29 is 9.59 Å². The zero-order valence-corrected chi connectivity index (χ0v) is 12.2. The number of rotatable bonds is 3. The molecule has 1 aromatic heterocycles. The number of hydrogen-bond donors (Lipinski definition) is 1. The Morgan fingerprint density at radius 2 is 2.00 bits per heavy atom. The highest BCUT2D eigenvalue weighted by Crippen LogP contribution is 2.18. The maximum absolute atomic E-state index is 12.6. The summed E-state index contributed by atoms with van der Waals surface area (Å²) in [6, 6.07) is 3.25. The molecule has 1 aliphatic rings. The summed E-state index contributed by atoms with van der Waals surface area (Å²) >= 11 is 0. The van der Waals surface area contributed by atoms with Gasteiger partial charge < -0.3 is 10.2 Å². The van der Waals surface area contributed by atoms with E-state index >= 15 is 0 Å². The van der Waals surface area contributed by atoms with Crippen LogP contribution < -0.4 is 5.32 Å². The van der Waals surface area contributed by atoms with E-state index in [1.807, 2.05) is 32.9 Å². The van der Waals surface area contributed by atoms with Gasteiger partial charge in [0.25, 0.3) is 0 Å². The van der Waals surface area contributed by atoms with Gasteiger partial charge >= 0.3 is 0 Å². The van der Waals surface area contributed by atoms with Crippen LogP contribution in [0.4, 0.5) is 0 Å². The molecule has 5 heteroatoms. The lowest BCUT2D eigenvalue weighted by molar-refractivity contribution is -0.136. The Kier molecular flexibility index (Phi) is 4.37. The van der Waals surface area contributed by atoms with Gasteiger partial charge in [0.2, 0.25) is 11.8 Å². The van der Waals surface area contributed by atoms with Crippen LogP contribution in [0.2, 0.25) is 0 Å². The number of amides is 2. The molecule has 0 aromatic carbocycles. The highest BCUT2D eigenvalue weighted by molar-refractivity contribution is 5.90. The Hall–Kier alpha value is -1.91. The second kappa shape index (κ2) is 6.03. The van der Waals surface area contributed by atoms with Gasteiger partial charge in [-0.1, -0.05) is 13.8 Å². The predicted molar refractivity (Wildman–Crippen MR) is 75.6 cm³/mol. The van der Waals surface area contributed by atoms with Crippen LogP contribution in [0.1, 0.15) is 32.8 Å². The first-order valence-electron chi connectivity index (χ1n) is 6.97. The van der Waals surface area contributed by atoms with E-state index in [1.54, 1.807) is 17.3 Å². The normalized spacial score (nSPS) is 23.7. The fourth-order valence-electron chi connectivity index (χ4n) is 2.44. The van der Waals surface area contributed by atoms with Gasteiger partial charge in [0.15, 0.2) is 0 Å². The average molecular weight is 275 g/mol. The molecule has 2 rings (SSSR count). The fourth-order valence-corrected chi connectivity index (χ4v) is 2.44. The van der Waals surface area contributed by atoms with E-state index in [0.29, 0.717) is 13.0 Å². The third-order valence-corrected chi connectivity index (χ3v) is 3.65. The molecule has 20 heavy (non-hydrogen) atoms. The summed E-state index contributed by atoms with van der Waals surface area (Å²) in [6.45, 7) is 6.33. The first kappa shape index (κ1) is 14.5. The van der Waals surface area contributed by atoms with Gasteiger partial charge in [-0.25, -0.2) is 0 Å². The number of nitrogens with one attached hydrogen (secondary N) is 1. The van der Waals surface area contributed by atoms with E-state index in [-0.39, 0.29) is 23.8 Å². The molecule has 1 saturated heterocycles. The number of aromatic nitrogens is 1. The van der Waals surface area contributed by atoms with Gasteiger partial charge in [-0.3, -0.25) is 14.6 Å². The van der Waals surface area contributed by atoms with Crippen LogP contribution in [0.5, 0.6) is 0 Å². The molecule has 0 radical (unpaired) electrons. The van der Waals surface area contributed by atoms with Crippen LogP contribution >= 0.6 is 0 Å². The van der Waals surface area contributed by atoms with Crippen molar-refractivity contribution in [2.45, 2.75) is 45.8 Å². The monoisotopic (exact) mass is 275 g/mol. The van der Waals surface area contributed by atoms with E-state index in [0.717, 1.165) is 5.56 Å². The molecule has 1 aromatic rings. The van der Waals surface area contributed by atoms with Crippen molar-refractivity contribution in [3.05, 3.63) is 30.1 Å². The largest absolute Gasteiger partial charge is 0.344 e. The molecule has 5 nitrogen and oxygen atoms in total. The molecule has 1 N–H and O–H groups in total. The SMILES string of the molecule is CC(C)C1NC(=O)CC(C)N(Cc2ccncc2)C1=O. The van der Waals surface area contributed by atoms with E-state index < -0.39 is 6.04 Å².